The maximum absolute atomic E-state index is 14.5. The van der Waals surface area contributed by atoms with Crippen molar-refractivity contribution in [2.75, 3.05) is 31.6 Å². The molecule has 16 heteroatoms. The fourth-order valence-corrected chi connectivity index (χ4v) is 7.90. The lowest BCUT2D eigenvalue weighted by atomic mass is 9.99. The summed E-state index contributed by atoms with van der Waals surface area (Å²) in [5.41, 5.74) is 1.19. The average molecular weight is 760 g/mol. The number of aliphatic hydroxyl groups is 1. The molecule has 2 aromatic rings. The number of amides is 7. The van der Waals surface area contributed by atoms with E-state index in [1.807, 2.05) is 6.92 Å². The van der Waals surface area contributed by atoms with Crippen molar-refractivity contribution in [3.05, 3.63) is 66.2 Å². The molecule has 0 radical (unpaired) electrons. The van der Waals surface area contributed by atoms with Crippen LogP contribution in [0.2, 0.25) is 0 Å². The largest absolute Gasteiger partial charge is 0.461 e. The van der Waals surface area contributed by atoms with Gasteiger partial charge in [0.05, 0.1) is 6.10 Å². The second-order valence-electron chi connectivity index (χ2n) is 14.9. The van der Waals surface area contributed by atoms with Crippen LogP contribution in [0.4, 0.5) is 10.5 Å². The van der Waals surface area contributed by atoms with E-state index in [1.165, 1.54) is 21.6 Å². The van der Waals surface area contributed by atoms with Gasteiger partial charge >= 0.3 is 12.0 Å². The zero-order valence-corrected chi connectivity index (χ0v) is 31.0. The van der Waals surface area contributed by atoms with Crippen LogP contribution in [0.25, 0.3) is 0 Å². The summed E-state index contributed by atoms with van der Waals surface area (Å²) in [4.78, 5) is 101. The van der Waals surface area contributed by atoms with Crippen LogP contribution in [0.3, 0.4) is 0 Å². The van der Waals surface area contributed by atoms with Crippen LogP contribution in [0.15, 0.2) is 60.7 Å². The van der Waals surface area contributed by atoms with E-state index >= 15 is 0 Å². The lowest BCUT2D eigenvalue weighted by Crippen LogP contribution is -2.62. The number of hydrogen-bond donors (Lipinski definition) is 5. The average Bonchev–Trinajstić information content (AvgIpc) is 3.77. The summed E-state index contributed by atoms with van der Waals surface area (Å²) in [6.45, 7) is 2.97. The van der Waals surface area contributed by atoms with E-state index in [9.17, 15) is 38.7 Å². The highest BCUT2D eigenvalue weighted by molar-refractivity contribution is 5.98. The second-order valence-corrected chi connectivity index (χ2v) is 14.9. The molecule has 4 aliphatic rings. The number of benzene rings is 2. The number of esters is 1. The number of cyclic esters (lactones) is 1. The van der Waals surface area contributed by atoms with Crippen molar-refractivity contribution >= 4 is 47.2 Å². The highest BCUT2D eigenvalue weighted by Crippen LogP contribution is 2.28. The molecule has 55 heavy (non-hydrogen) atoms. The number of para-hydroxylation sites is 1. The molecule has 2 aromatic carbocycles. The molecule has 6 rings (SSSR count). The molecule has 8 atom stereocenters. The molecule has 4 heterocycles. The van der Waals surface area contributed by atoms with Crippen LogP contribution in [-0.2, 0) is 39.9 Å². The maximum atomic E-state index is 14.5. The van der Waals surface area contributed by atoms with Crippen molar-refractivity contribution in [3.8, 4) is 0 Å². The minimum Gasteiger partial charge on any atom is -0.461 e. The highest BCUT2D eigenvalue weighted by atomic mass is 16.5. The number of nitrogens with zero attached hydrogens (tertiary/aromatic N) is 3. The van der Waals surface area contributed by atoms with E-state index in [2.05, 4.69) is 21.3 Å². The maximum Gasteiger partial charge on any atom is 0.328 e. The molecule has 294 valence electrons. The van der Waals surface area contributed by atoms with Gasteiger partial charge in [-0.2, -0.15) is 0 Å². The van der Waals surface area contributed by atoms with Gasteiger partial charge in [-0.25, -0.2) is 9.59 Å². The highest BCUT2D eigenvalue weighted by Gasteiger charge is 2.47. The lowest BCUT2D eigenvalue weighted by molar-refractivity contribution is -0.158. The van der Waals surface area contributed by atoms with Gasteiger partial charge in [-0.05, 0) is 56.2 Å². The Hall–Kier alpha value is -5.51. The zero-order valence-electron chi connectivity index (χ0n) is 31.0. The molecular formula is C39H49N7O9. The number of fused-ring (bicyclic) bond motifs is 3. The minimum absolute atomic E-state index is 0.0345. The van der Waals surface area contributed by atoms with Crippen molar-refractivity contribution < 1.29 is 43.4 Å². The molecular weight excluding hydrogens is 710 g/mol. The van der Waals surface area contributed by atoms with Gasteiger partial charge in [-0.15, -0.1) is 0 Å². The smallest absolute Gasteiger partial charge is 0.328 e. The first-order valence-corrected chi connectivity index (χ1v) is 18.9. The number of rotatable bonds is 6. The first-order valence-electron chi connectivity index (χ1n) is 18.9. The summed E-state index contributed by atoms with van der Waals surface area (Å²) in [6, 6.07) is 10.00. The van der Waals surface area contributed by atoms with Crippen molar-refractivity contribution in [2.45, 2.75) is 94.7 Å². The Morgan fingerprint density at radius 2 is 1.53 bits per heavy atom. The molecule has 0 aliphatic carbocycles. The predicted octanol–water partition coefficient (Wildman–Crippen LogP) is 0.546. The van der Waals surface area contributed by atoms with E-state index < -0.39 is 90.5 Å². The number of ether oxygens (including phenoxy) is 1. The van der Waals surface area contributed by atoms with Crippen LogP contribution in [-0.4, -0.2) is 130 Å². The third-order valence-corrected chi connectivity index (χ3v) is 10.7. The fraction of sp³-hybridized carbons (Fsp3) is 0.513. The van der Waals surface area contributed by atoms with Gasteiger partial charge in [0.1, 0.15) is 42.9 Å². The molecule has 0 aromatic heterocycles. The van der Waals surface area contributed by atoms with Crippen LogP contribution in [0.5, 0.6) is 0 Å². The van der Waals surface area contributed by atoms with Gasteiger partial charge in [-0.3, -0.25) is 24.0 Å². The first kappa shape index (κ1) is 39.2. The Morgan fingerprint density at radius 1 is 0.836 bits per heavy atom. The van der Waals surface area contributed by atoms with Crippen molar-refractivity contribution in [1.82, 2.24) is 30.7 Å². The summed E-state index contributed by atoms with van der Waals surface area (Å²) >= 11 is 0. The van der Waals surface area contributed by atoms with E-state index in [1.54, 1.807) is 60.7 Å². The van der Waals surface area contributed by atoms with Gasteiger partial charge in [0.15, 0.2) is 0 Å². The summed E-state index contributed by atoms with van der Waals surface area (Å²) < 4.78 is 5.70. The summed E-state index contributed by atoms with van der Waals surface area (Å²) in [5.74, 6) is -4.01. The van der Waals surface area contributed by atoms with Gasteiger partial charge < -0.3 is 45.8 Å². The van der Waals surface area contributed by atoms with E-state index in [4.69, 9.17) is 4.74 Å². The van der Waals surface area contributed by atoms with Gasteiger partial charge in [0.2, 0.25) is 29.5 Å². The number of piperidine rings is 1. The summed E-state index contributed by atoms with van der Waals surface area (Å²) in [5, 5.41) is 21.6. The van der Waals surface area contributed by atoms with E-state index in [0.717, 1.165) is 0 Å². The van der Waals surface area contributed by atoms with Gasteiger partial charge in [0.25, 0.3) is 0 Å². The molecule has 0 saturated carbocycles. The number of hydrogen-bond acceptors (Lipinski definition) is 9. The number of anilines is 1. The number of carbonyl (C=O) groups excluding carboxylic acids is 7. The third-order valence-electron chi connectivity index (χ3n) is 10.7. The standard InChI is InChI=1S/C39H49N7O9/c1-23-17-32-38(53)55-22-29(42-33(48)28(18-25-11-5-3-6-12-25)43-39(54)41-26-13-7-4-8-14-26)36(51)46-21-27(47)19-31(46)37(52)44-16-10-9-15-30(44)34(49)40-24(2)35(50)45(32)20-23/h3-8,11-14,23-24,27-32,47H,9-10,15-22H2,1-2H3,(H,40,49)(H,42,48)(H2,41,43,54)/t23-,24+,27?,28+,29+,30+,31+,32+/m1/s1. The fourth-order valence-electron chi connectivity index (χ4n) is 7.90. The van der Waals surface area contributed by atoms with Crippen LogP contribution >= 0.6 is 0 Å². The molecule has 0 spiro atoms. The molecule has 7 amide bonds. The van der Waals surface area contributed by atoms with Crippen molar-refractivity contribution in [3.63, 3.8) is 0 Å². The number of aliphatic hydroxyl groups excluding tert-OH is 1. The Kier molecular flexibility index (Phi) is 12.3. The van der Waals surface area contributed by atoms with E-state index in [0.29, 0.717) is 30.5 Å². The zero-order chi connectivity index (χ0) is 39.2. The quantitative estimate of drug-likeness (QED) is 0.261. The molecule has 4 fully saturated rings. The molecule has 0 bridgehead atoms. The summed E-state index contributed by atoms with van der Waals surface area (Å²) in [7, 11) is 0. The predicted molar refractivity (Wildman–Crippen MR) is 198 cm³/mol. The van der Waals surface area contributed by atoms with Crippen LogP contribution in [0.1, 0.15) is 51.5 Å². The Labute approximate surface area is 319 Å². The van der Waals surface area contributed by atoms with Crippen molar-refractivity contribution in [2.24, 2.45) is 5.92 Å². The van der Waals surface area contributed by atoms with Gasteiger partial charge in [0, 0.05) is 38.2 Å². The molecule has 5 N–H and O–H groups in total. The molecule has 4 saturated heterocycles. The number of urea groups is 1. The lowest BCUT2D eigenvalue weighted by Gasteiger charge is -2.39. The van der Waals surface area contributed by atoms with Gasteiger partial charge in [-0.1, -0.05) is 55.5 Å². The Bertz CT molecular complexity index is 1760. The van der Waals surface area contributed by atoms with Crippen LogP contribution in [0, 0.1) is 5.92 Å². The monoisotopic (exact) mass is 759 g/mol. The Morgan fingerprint density at radius 3 is 2.25 bits per heavy atom. The minimum atomic E-state index is -1.55. The molecule has 4 aliphatic heterocycles. The normalized spacial score (nSPS) is 28.3. The summed E-state index contributed by atoms with van der Waals surface area (Å²) in [6.07, 6.45) is 0.724. The molecule has 1 unspecified atom stereocenters. The SMILES string of the molecule is C[C@@H]1C[C@H]2C(=O)OC[C@H](NC(=O)[C@H](Cc3ccccc3)NC(=O)Nc3ccccc3)C(=O)N3CC(O)C[C@H]3C(=O)N3CCCC[C@H]3C(=O)N[C@@H](C)C(=O)N2C1. The topological polar surface area (TPSA) is 207 Å². The second kappa shape index (κ2) is 17.3. The van der Waals surface area contributed by atoms with Crippen molar-refractivity contribution in [1.29, 1.82) is 0 Å². The number of nitrogens with one attached hydrogen (secondary N) is 4. The first-order chi connectivity index (χ1) is 26.4. The van der Waals surface area contributed by atoms with Crippen LogP contribution < -0.4 is 21.3 Å². The number of carbonyl (C=O) groups is 7. The third kappa shape index (κ3) is 9.24. The van der Waals surface area contributed by atoms with E-state index in [-0.39, 0.29) is 44.8 Å². The molecule has 16 nitrogen and oxygen atoms in total. The Balaban J connectivity index is 1.31.